The maximum atomic E-state index is 14.2. The van der Waals surface area contributed by atoms with Crippen LogP contribution in [0.2, 0.25) is 0 Å². The Kier molecular flexibility index (Phi) is 11.8. The zero-order valence-corrected chi connectivity index (χ0v) is 31.2. The number of hydrogen-bond donors (Lipinski definition) is 3. The topological polar surface area (TPSA) is 123 Å². The molecule has 0 aliphatic heterocycles. The highest BCUT2D eigenvalue weighted by Crippen LogP contribution is 2.49. The Hall–Kier alpha value is -5.87. The number of ether oxygens (including phenoxy) is 2. The van der Waals surface area contributed by atoms with Crippen molar-refractivity contribution >= 4 is 35.6 Å². The Morgan fingerprint density at radius 2 is 1.15 bits per heavy atom. The lowest BCUT2D eigenvalue weighted by molar-refractivity contribution is -0.142. The van der Waals surface area contributed by atoms with Gasteiger partial charge in [0.15, 0.2) is 0 Å². The van der Waals surface area contributed by atoms with Crippen LogP contribution >= 0.6 is 11.8 Å². The lowest BCUT2D eigenvalue weighted by Gasteiger charge is -2.37. The van der Waals surface area contributed by atoms with Gasteiger partial charge in [-0.1, -0.05) is 140 Å². The molecule has 0 aromatic heterocycles. The monoisotopic (exact) mass is 741 g/mol. The molecule has 276 valence electrons. The van der Waals surface area contributed by atoms with Gasteiger partial charge in [-0.05, 0) is 52.8 Å². The molecule has 5 aromatic carbocycles. The summed E-state index contributed by atoms with van der Waals surface area (Å²) < 4.78 is 9.74. The highest BCUT2D eigenvalue weighted by Gasteiger charge is 2.40. The van der Waals surface area contributed by atoms with Crippen molar-refractivity contribution < 1.29 is 28.7 Å². The molecule has 1 atom stereocenters. The average Bonchev–Trinajstić information content (AvgIpc) is 3.53. The van der Waals surface area contributed by atoms with Gasteiger partial charge in [0.2, 0.25) is 11.8 Å². The van der Waals surface area contributed by atoms with E-state index >= 15 is 0 Å². The van der Waals surface area contributed by atoms with Crippen LogP contribution in [0.5, 0.6) is 0 Å². The zero-order valence-electron chi connectivity index (χ0n) is 30.4. The van der Waals surface area contributed by atoms with Gasteiger partial charge in [0.25, 0.3) is 0 Å². The second-order valence-corrected chi connectivity index (χ2v) is 14.7. The average molecular weight is 742 g/mol. The summed E-state index contributed by atoms with van der Waals surface area (Å²) in [5.41, 5.74) is 5.82. The first-order valence-corrected chi connectivity index (χ1v) is 18.7. The highest BCUT2D eigenvalue weighted by atomic mass is 32.2. The quantitative estimate of drug-likeness (QED) is 0.0846. The number of thioether (sulfide) groups is 1. The smallest absolute Gasteiger partial charge is 0.407 e. The molecule has 54 heavy (non-hydrogen) atoms. The minimum absolute atomic E-state index is 0.0603. The number of carbonyl (C=O) groups is 4. The second kappa shape index (κ2) is 16.9. The SMILES string of the molecule is COC(=O)CNC(=O)C(C)(C)NC(=O)C(CSC(c1ccccc1)(c1ccccc1)c1ccccc1)NC(=O)OCC1c2ccccc2-c2ccccc21. The minimum Gasteiger partial charge on any atom is -0.468 e. The van der Waals surface area contributed by atoms with Crippen molar-refractivity contribution in [3.05, 3.63) is 167 Å². The van der Waals surface area contributed by atoms with Gasteiger partial charge in [0.1, 0.15) is 24.7 Å². The van der Waals surface area contributed by atoms with Crippen LogP contribution < -0.4 is 16.0 Å². The molecule has 0 saturated heterocycles. The summed E-state index contributed by atoms with van der Waals surface area (Å²) in [6.45, 7) is 2.75. The summed E-state index contributed by atoms with van der Waals surface area (Å²) in [5.74, 6) is -1.91. The fourth-order valence-electron chi connectivity index (χ4n) is 6.84. The number of rotatable bonds is 14. The molecule has 0 heterocycles. The minimum atomic E-state index is -1.45. The van der Waals surface area contributed by atoms with E-state index in [0.29, 0.717) is 0 Å². The predicted molar refractivity (Wildman–Crippen MR) is 211 cm³/mol. The van der Waals surface area contributed by atoms with Crippen LogP contribution in [0, 0.1) is 0 Å². The van der Waals surface area contributed by atoms with Crippen LogP contribution in [-0.4, -0.2) is 61.5 Å². The predicted octanol–water partition coefficient (Wildman–Crippen LogP) is 6.80. The van der Waals surface area contributed by atoms with Crippen molar-refractivity contribution in [3.63, 3.8) is 0 Å². The van der Waals surface area contributed by atoms with E-state index in [2.05, 4.69) is 69.2 Å². The van der Waals surface area contributed by atoms with Crippen molar-refractivity contribution in [2.45, 2.75) is 36.1 Å². The molecule has 1 aliphatic rings. The normalized spacial score (nSPS) is 12.8. The largest absolute Gasteiger partial charge is 0.468 e. The number of benzene rings is 5. The lowest BCUT2D eigenvalue weighted by atomic mass is 9.84. The molecule has 10 heteroatoms. The van der Waals surface area contributed by atoms with E-state index < -0.39 is 40.2 Å². The third kappa shape index (κ3) is 8.19. The number of amides is 3. The van der Waals surface area contributed by atoms with Crippen molar-refractivity contribution in [2.24, 2.45) is 0 Å². The Morgan fingerprint density at radius 3 is 1.63 bits per heavy atom. The number of methoxy groups -OCH3 is 1. The fourth-order valence-corrected chi connectivity index (χ4v) is 8.40. The number of hydrogen-bond acceptors (Lipinski definition) is 7. The summed E-state index contributed by atoms with van der Waals surface area (Å²) in [5, 5.41) is 8.13. The van der Waals surface area contributed by atoms with E-state index in [0.717, 1.165) is 38.9 Å². The van der Waals surface area contributed by atoms with Crippen LogP contribution in [0.25, 0.3) is 11.1 Å². The summed E-state index contributed by atoms with van der Waals surface area (Å²) in [6.07, 6.45) is -0.768. The lowest BCUT2D eigenvalue weighted by Crippen LogP contribution is -2.60. The van der Waals surface area contributed by atoms with Crippen molar-refractivity contribution in [2.75, 3.05) is 26.0 Å². The first-order valence-electron chi connectivity index (χ1n) is 17.7. The first-order chi connectivity index (χ1) is 26.1. The Bertz CT molecular complexity index is 1950. The van der Waals surface area contributed by atoms with Gasteiger partial charge in [-0.25, -0.2) is 4.79 Å². The molecular weight excluding hydrogens is 699 g/mol. The van der Waals surface area contributed by atoms with Crippen LogP contribution in [-0.2, 0) is 28.6 Å². The number of carbonyl (C=O) groups excluding carboxylic acids is 4. The molecule has 0 bridgehead atoms. The number of fused-ring (bicyclic) bond motifs is 3. The molecule has 6 rings (SSSR count). The number of esters is 1. The Balaban J connectivity index is 1.29. The van der Waals surface area contributed by atoms with E-state index in [4.69, 9.17) is 4.74 Å². The van der Waals surface area contributed by atoms with E-state index in [1.54, 1.807) is 0 Å². The van der Waals surface area contributed by atoms with Gasteiger partial charge in [-0.15, -0.1) is 11.8 Å². The molecule has 3 N–H and O–H groups in total. The van der Waals surface area contributed by atoms with Gasteiger partial charge in [0.05, 0.1) is 11.9 Å². The highest BCUT2D eigenvalue weighted by molar-refractivity contribution is 8.00. The maximum Gasteiger partial charge on any atom is 0.407 e. The molecule has 1 unspecified atom stereocenters. The van der Waals surface area contributed by atoms with Crippen LogP contribution in [0.3, 0.4) is 0 Å². The molecule has 0 spiro atoms. The molecule has 0 saturated carbocycles. The number of nitrogens with one attached hydrogen (secondary N) is 3. The third-order valence-corrected chi connectivity index (χ3v) is 11.2. The van der Waals surface area contributed by atoms with Gasteiger partial charge >= 0.3 is 12.1 Å². The maximum absolute atomic E-state index is 14.2. The summed E-state index contributed by atoms with van der Waals surface area (Å²) in [7, 11) is 1.22. The second-order valence-electron chi connectivity index (χ2n) is 13.5. The van der Waals surface area contributed by atoms with E-state index in [-0.39, 0.29) is 24.8 Å². The van der Waals surface area contributed by atoms with Gasteiger partial charge < -0.3 is 25.4 Å². The molecule has 3 amide bonds. The van der Waals surface area contributed by atoms with Gasteiger partial charge in [0, 0.05) is 11.7 Å². The Labute approximate surface area is 319 Å². The van der Waals surface area contributed by atoms with Gasteiger partial charge in [-0.3, -0.25) is 14.4 Å². The van der Waals surface area contributed by atoms with Crippen molar-refractivity contribution in [1.29, 1.82) is 0 Å². The molecule has 1 aliphatic carbocycles. The summed E-state index contributed by atoms with van der Waals surface area (Å²) in [6, 6.07) is 45.0. The van der Waals surface area contributed by atoms with E-state index in [1.807, 2.05) is 91.0 Å². The van der Waals surface area contributed by atoms with Crippen molar-refractivity contribution in [1.82, 2.24) is 16.0 Å². The third-order valence-electron chi connectivity index (χ3n) is 9.58. The first kappa shape index (κ1) is 37.9. The van der Waals surface area contributed by atoms with E-state index in [1.165, 1.54) is 32.7 Å². The van der Waals surface area contributed by atoms with Crippen LogP contribution in [0.1, 0.15) is 47.6 Å². The molecule has 0 fully saturated rings. The fraction of sp³-hybridized carbons (Fsp3) is 0.227. The Morgan fingerprint density at radius 1 is 0.685 bits per heavy atom. The molecule has 0 radical (unpaired) electrons. The summed E-state index contributed by atoms with van der Waals surface area (Å²) in [4.78, 5) is 52.8. The standard InChI is InChI=1S/C44H43N3O6S/c1-43(2,41(50)45-27-39(48)52-3)47-40(49)38(46-42(51)53-28-37-35-25-15-13-23-33(35)34-24-14-16-26-36(34)37)29-54-44(30-17-7-4-8-18-30,31-19-9-5-10-20-31)32-21-11-6-12-22-32/h4-26,37-38H,27-29H2,1-3H3,(H,45,50)(H,46,51)(H,47,49). The zero-order chi connectivity index (χ0) is 38.1. The van der Waals surface area contributed by atoms with Gasteiger partial charge in [-0.2, -0.15) is 0 Å². The van der Waals surface area contributed by atoms with E-state index in [9.17, 15) is 19.2 Å². The van der Waals surface area contributed by atoms with Crippen LogP contribution in [0.4, 0.5) is 4.79 Å². The van der Waals surface area contributed by atoms with Crippen molar-refractivity contribution in [3.8, 4) is 11.1 Å². The van der Waals surface area contributed by atoms with Crippen LogP contribution in [0.15, 0.2) is 140 Å². The molecule has 9 nitrogen and oxygen atoms in total. The summed E-state index contributed by atoms with van der Waals surface area (Å²) >= 11 is 1.49. The molecule has 5 aromatic rings. The number of alkyl carbamates (subject to hydrolysis) is 1. The molecular formula is C44H43N3O6S.